The minimum Gasteiger partial charge on any atom is -0.342 e. The number of rotatable bonds is 14. The van der Waals surface area contributed by atoms with Crippen LogP contribution in [0.25, 0.3) is 0 Å². The summed E-state index contributed by atoms with van der Waals surface area (Å²) in [6.07, 6.45) is 19.6. The number of likely N-dealkylation sites (tertiary alicyclic amines) is 2. The van der Waals surface area contributed by atoms with E-state index < -0.39 is 0 Å². The Kier molecular flexibility index (Phi) is 12.5. The normalized spacial score (nSPS) is 20.5. The molecule has 1 unspecified atom stereocenters. The number of nitrogens with zero attached hydrogens (tertiary/aromatic N) is 2. The molecule has 2 heterocycles. The van der Waals surface area contributed by atoms with E-state index in [0.717, 1.165) is 38.3 Å². The lowest BCUT2D eigenvalue weighted by Gasteiger charge is -2.47. The lowest BCUT2D eigenvalue weighted by Crippen LogP contribution is -2.49. The van der Waals surface area contributed by atoms with Crippen molar-refractivity contribution in [1.29, 1.82) is 0 Å². The number of piperidine rings is 2. The van der Waals surface area contributed by atoms with Crippen molar-refractivity contribution in [1.82, 2.24) is 9.80 Å². The lowest BCUT2D eigenvalue weighted by molar-refractivity contribution is -0.138. The molecule has 31 heavy (non-hydrogen) atoms. The van der Waals surface area contributed by atoms with Crippen molar-refractivity contribution in [2.75, 3.05) is 32.7 Å². The fourth-order valence-electron chi connectivity index (χ4n) is 6.08. The largest absolute Gasteiger partial charge is 0.342 e. The molecular formula is C28H54N2O. The van der Waals surface area contributed by atoms with Crippen LogP contribution in [0.15, 0.2) is 0 Å². The summed E-state index contributed by atoms with van der Waals surface area (Å²) in [4.78, 5) is 17.8. The molecule has 0 aromatic carbocycles. The maximum Gasteiger partial charge on any atom is 0.225 e. The van der Waals surface area contributed by atoms with Gasteiger partial charge < -0.3 is 9.80 Å². The van der Waals surface area contributed by atoms with Gasteiger partial charge in [0.1, 0.15) is 0 Å². The van der Waals surface area contributed by atoms with Crippen molar-refractivity contribution in [3.63, 3.8) is 0 Å². The third-order valence-corrected chi connectivity index (χ3v) is 8.55. The highest BCUT2D eigenvalue weighted by Crippen LogP contribution is 2.41. The fraction of sp³-hybridized carbons (Fsp3) is 0.964. The number of carbonyl (C=O) groups excluding carboxylic acids is 1. The predicted octanol–water partition coefficient (Wildman–Crippen LogP) is 7.29. The van der Waals surface area contributed by atoms with Gasteiger partial charge in [0.2, 0.25) is 5.91 Å². The summed E-state index contributed by atoms with van der Waals surface area (Å²) < 4.78 is 0. The summed E-state index contributed by atoms with van der Waals surface area (Å²) in [5.41, 5.74) is 0.532. The van der Waals surface area contributed by atoms with Crippen LogP contribution in [-0.4, -0.2) is 48.4 Å². The Morgan fingerprint density at radius 2 is 1.29 bits per heavy atom. The van der Waals surface area contributed by atoms with Crippen molar-refractivity contribution < 1.29 is 4.79 Å². The highest BCUT2D eigenvalue weighted by atomic mass is 16.2. The Hall–Kier alpha value is -0.570. The second-order valence-corrected chi connectivity index (χ2v) is 10.9. The van der Waals surface area contributed by atoms with Gasteiger partial charge in [-0.3, -0.25) is 4.79 Å². The summed E-state index contributed by atoms with van der Waals surface area (Å²) in [7, 11) is 0. The first-order chi connectivity index (χ1) is 15.1. The summed E-state index contributed by atoms with van der Waals surface area (Å²) in [6.45, 7) is 14.9. The minimum absolute atomic E-state index is 0.263. The van der Waals surface area contributed by atoms with E-state index in [-0.39, 0.29) is 5.92 Å². The van der Waals surface area contributed by atoms with E-state index in [1.54, 1.807) is 0 Å². The number of amides is 1. The molecule has 0 saturated carbocycles. The third kappa shape index (κ3) is 8.71. The summed E-state index contributed by atoms with van der Waals surface area (Å²) >= 11 is 0. The van der Waals surface area contributed by atoms with Crippen LogP contribution < -0.4 is 0 Å². The molecule has 0 radical (unpaired) electrons. The third-order valence-electron chi connectivity index (χ3n) is 8.55. The van der Waals surface area contributed by atoms with Gasteiger partial charge >= 0.3 is 0 Å². The number of hydrogen-bond acceptors (Lipinski definition) is 2. The van der Waals surface area contributed by atoms with E-state index >= 15 is 0 Å². The highest BCUT2D eigenvalue weighted by molar-refractivity contribution is 5.78. The summed E-state index contributed by atoms with van der Waals surface area (Å²) in [6, 6.07) is 0. The Balaban J connectivity index is 1.68. The standard InChI is InChI=1S/C28H54N2O/c1-5-9-13-25(14-10-6-2)15-11-20-29-21-16-28(17-22-29)18-23-30(24-19-28)27(31)26(8-4)12-7-3/h25-26H,5-24H2,1-4H3. The van der Waals surface area contributed by atoms with Crippen LogP contribution in [0.1, 0.15) is 124 Å². The molecule has 1 spiro atoms. The van der Waals surface area contributed by atoms with Crippen molar-refractivity contribution in [3.8, 4) is 0 Å². The molecule has 2 rings (SSSR count). The molecule has 0 aromatic rings. The second-order valence-electron chi connectivity index (χ2n) is 10.9. The quantitative estimate of drug-likeness (QED) is 0.286. The molecule has 2 aliphatic rings. The van der Waals surface area contributed by atoms with Crippen LogP contribution in [-0.2, 0) is 4.79 Å². The SMILES string of the molecule is CCCCC(CCCC)CCCN1CCC2(CC1)CCN(C(=O)C(CC)CCC)CC2. The molecule has 3 heteroatoms. The zero-order valence-corrected chi connectivity index (χ0v) is 21.6. The van der Waals surface area contributed by atoms with Gasteiger partial charge in [0.05, 0.1) is 0 Å². The number of carbonyl (C=O) groups is 1. The van der Waals surface area contributed by atoms with Gasteiger partial charge in [0.25, 0.3) is 0 Å². The summed E-state index contributed by atoms with van der Waals surface area (Å²) in [5, 5.41) is 0. The maximum atomic E-state index is 12.9. The molecule has 2 fully saturated rings. The van der Waals surface area contributed by atoms with Gasteiger partial charge in [-0.05, 0) is 82.3 Å². The predicted molar refractivity (Wildman–Crippen MR) is 134 cm³/mol. The lowest BCUT2D eigenvalue weighted by atomic mass is 9.71. The second kappa shape index (κ2) is 14.6. The zero-order chi connectivity index (χ0) is 22.5. The maximum absolute atomic E-state index is 12.9. The number of unbranched alkanes of at least 4 members (excludes halogenated alkanes) is 2. The minimum atomic E-state index is 0.263. The smallest absolute Gasteiger partial charge is 0.225 e. The van der Waals surface area contributed by atoms with Crippen molar-refractivity contribution in [2.24, 2.45) is 17.3 Å². The first kappa shape index (κ1) is 26.7. The molecule has 0 aromatic heterocycles. The molecule has 1 amide bonds. The van der Waals surface area contributed by atoms with Crippen LogP contribution in [0, 0.1) is 17.3 Å². The Labute approximate surface area is 194 Å². The molecule has 182 valence electrons. The van der Waals surface area contributed by atoms with Crippen LogP contribution >= 0.6 is 0 Å². The van der Waals surface area contributed by atoms with Crippen LogP contribution in [0.2, 0.25) is 0 Å². The molecule has 0 bridgehead atoms. The van der Waals surface area contributed by atoms with Crippen molar-refractivity contribution in [2.45, 2.75) is 124 Å². The average molecular weight is 435 g/mol. The van der Waals surface area contributed by atoms with Gasteiger partial charge in [-0.15, -0.1) is 0 Å². The van der Waals surface area contributed by atoms with E-state index in [1.165, 1.54) is 96.7 Å². The Bertz CT molecular complexity index is 465. The molecular weight excluding hydrogens is 380 g/mol. The van der Waals surface area contributed by atoms with Crippen LogP contribution in [0.5, 0.6) is 0 Å². The fourth-order valence-corrected chi connectivity index (χ4v) is 6.08. The first-order valence-corrected chi connectivity index (χ1v) is 14.1. The highest BCUT2D eigenvalue weighted by Gasteiger charge is 2.39. The van der Waals surface area contributed by atoms with E-state index in [9.17, 15) is 4.79 Å². The molecule has 2 aliphatic heterocycles. The molecule has 2 saturated heterocycles. The topological polar surface area (TPSA) is 23.6 Å². The van der Waals surface area contributed by atoms with Gasteiger partial charge in [-0.25, -0.2) is 0 Å². The van der Waals surface area contributed by atoms with Crippen molar-refractivity contribution >= 4 is 5.91 Å². The van der Waals surface area contributed by atoms with E-state index in [0.29, 0.717) is 11.3 Å². The molecule has 0 N–H and O–H groups in total. The van der Waals surface area contributed by atoms with Gasteiger partial charge in [-0.1, -0.05) is 72.6 Å². The van der Waals surface area contributed by atoms with Crippen LogP contribution in [0.4, 0.5) is 0 Å². The monoisotopic (exact) mass is 434 g/mol. The van der Waals surface area contributed by atoms with Gasteiger partial charge in [0.15, 0.2) is 0 Å². The van der Waals surface area contributed by atoms with Gasteiger partial charge in [-0.2, -0.15) is 0 Å². The first-order valence-electron chi connectivity index (χ1n) is 14.1. The molecule has 1 atom stereocenters. The summed E-state index contributed by atoms with van der Waals surface area (Å²) in [5.74, 6) is 1.68. The zero-order valence-electron chi connectivity index (χ0n) is 21.6. The Morgan fingerprint density at radius 1 is 0.742 bits per heavy atom. The van der Waals surface area contributed by atoms with Crippen LogP contribution in [0.3, 0.4) is 0 Å². The van der Waals surface area contributed by atoms with Crippen molar-refractivity contribution in [3.05, 3.63) is 0 Å². The van der Waals surface area contributed by atoms with E-state index in [2.05, 4.69) is 37.5 Å². The van der Waals surface area contributed by atoms with E-state index in [1.807, 2.05) is 0 Å². The van der Waals surface area contributed by atoms with Gasteiger partial charge in [0, 0.05) is 19.0 Å². The average Bonchev–Trinajstić information content (AvgIpc) is 2.80. The molecule has 0 aliphatic carbocycles. The van der Waals surface area contributed by atoms with E-state index in [4.69, 9.17) is 0 Å². The Morgan fingerprint density at radius 3 is 1.81 bits per heavy atom. The number of hydrogen-bond donors (Lipinski definition) is 0. The molecule has 3 nitrogen and oxygen atoms in total.